The van der Waals surface area contributed by atoms with Crippen LogP contribution in [0, 0.1) is 11.3 Å². The van der Waals surface area contributed by atoms with E-state index in [0.717, 1.165) is 50.6 Å². The molecule has 3 fully saturated rings. The molecular weight excluding hydrogens is 421 g/mol. The second-order valence-corrected chi connectivity index (χ2v) is 11.2. The number of rotatable bonds is 4. The highest BCUT2D eigenvalue weighted by Crippen LogP contribution is 2.58. The van der Waals surface area contributed by atoms with Gasteiger partial charge in [-0.15, -0.1) is 0 Å². The first-order valence-corrected chi connectivity index (χ1v) is 11.8. The van der Waals surface area contributed by atoms with Crippen molar-refractivity contribution < 1.29 is 9.53 Å². The number of carbonyl (C=O) groups excluding carboxylic acids is 1. The average Bonchev–Trinajstić information content (AvgIpc) is 2.59. The van der Waals surface area contributed by atoms with Crippen LogP contribution in [0.15, 0.2) is 18.2 Å². The molecule has 166 valence electrons. The molecule has 2 aliphatic carbocycles. The maximum absolute atomic E-state index is 11.9. The van der Waals surface area contributed by atoms with Crippen LogP contribution in [0.2, 0.25) is 10.0 Å². The maximum Gasteiger partial charge on any atom is 0.407 e. The molecule has 1 amide bonds. The monoisotopic (exact) mass is 453 g/mol. The minimum Gasteiger partial charge on any atom is -0.444 e. The number of piperazine rings is 1. The van der Waals surface area contributed by atoms with Gasteiger partial charge in [-0.2, -0.15) is 0 Å². The highest BCUT2D eigenvalue weighted by molar-refractivity contribution is 6.43. The van der Waals surface area contributed by atoms with Gasteiger partial charge in [0.25, 0.3) is 0 Å². The molecule has 2 saturated carbocycles. The van der Waals surface area contributed by atoms with Crippen LogP contribution >= 0.6 is 23.2 Å². The normalized spacial score (nSPS) is 29.3. The molecule has 0 radical (unpaired) electrons. The van der Waals surface area contributed by atoms with E-state index in [1.807, 2.05) is 32.9 Å². The molecule has 1 spiro atoms. The van der Waals surface area contributed by atoms with Gasteiger partial charge in [0.05, 0.1) is 15.7 Å². The zero-order chi connectivity index (χ0) is 21.5. The van der Waals surface area contributed by atoms with E-state index in [4.69, 9.17) is 27.9 Å². The number of halogens is 2. The van der Waals surface area contributed by atoms with Crippen LogP contribution in [0.3, 0.4) is 0 Å². The standard InChI is InChI=1S/C23H33Cl2N3O2/c1-22(2,3)30-21(29)26-17-13-23(14-17)11-16(12-23)15-27-7-9-28(10-8-27)19-6-4-5-18(24)20(19)25/h4-6,16-17H,7-15H2,1-3H3,(H,26,29). The average molecular weight is 454 g/mol. The van der Waals surface area contributed by atoms with E-state index in [2.05, 4.69) is 21.2 Å². The van der Waals surface area contributed by atoms with Gasteiger partial charge in [-0.25, -0.2) is 4.79 Å². The summed E-state index contributed by atoms with van der Waals surface area (Å²) in [6, 6.07) is 6.14. The van der Waals surface area contributed by atoms with Gasteiger partial charge in [-0.3, -0.25) is 4.90 Å². The Kier molecular flexibility index (Phi) is 6.17. The minimum absolute atomic E-state index is 0.282. The van der Waals surface area contributed by atoms with Crippen molar-refractivity contribution in [1.82, 2.24) is 10.2 Å². The molecule has 1 N–H and O–H groups in total. The number of hydrogen-bond acceptors (Lipinski definition) is 4. The fourth-order valence-corrected chi connectivity index (χ4v) is 5.88. The molecular formula is C23H33Cl2N3O2. The van der Waals surface area contributed by atoms with Crippen LogP contribution in [0.5, 0.6) is 0 Å². The third-order valence-corrected chi connectivity index (χ3v) is 7.49. The number of carbonyl (C=O) groups is 1. The SMILES string of the molecule is CC(C)(C)OC(=O)NC1CC2(CC(CN3CCN(c4cccc(Cl)c4Cl)CC3)C2)C1. The van der Waals surface area contributed by atoms with Crippen LogP contribution < -0.4 is 10.2 Å². The number of amides is 1. The van der Waals surface area contributed by atoms with Crippen molar-refractivity contribution in [2.75, 3.05) is 37.6 Å². The molecule has 1 aromatic carbocycles. The smallest absolute Gasteiger partial charge is 0.407 e. The summed E-state index contributed by atoms with van der Waals surface area (Å²) in [5.41, 5.74) is 1.08. The molecule has 0 bridgehead atoms. The Morgan fingerprint density at radius 2 is 1.80 bits per heavy atom. The summed E-state index contributed by atoms with van der Waals surface area (Å²) in [4.78, 5) is 16.8. The first kappa shape index (κ1) is 22.0. The number of alkyl carbamates (subject to hydrolysis) is 1. The van der Waals surface area contributed by atoms with Crippen LogP contribution in [0.25, 0.3) is 0 Å². The van der Waals surface area contributed by atoms with E-state index in [1.54, 1.807) is 0 Å². The Morgan fingerprint density at radius 1 is 1.13 bits per heavy atom. The molecule has 5 nitrogen and oxygen atoms in total. The Balaban J connectivity index is 1.15. The number of ether oxygens (including phenoxy) is 1. The van der Waals surface area contributed by atoms with E-state index in [1.165, 1.54) is 19.4 Å². The van der Waals surface area contributed by atoms with E-state index >= 15 is 0 Å². The van der Waals surface area contributed by atoms with Crippen LogP contribution in [-0.4, -0.2) is 55.4 Å². The second-order valence-electron chi connectivity index (χ2n) is 10.4. The van der Waals surface area contributed by atoms with Crippen molar-refractivity contribution in [2.24, 2.45) is 11.3 Å². The summed E-state index contributed by atoms with van der Waals surface area (Å²) < 4.78 is 5.36. The lowest BCUT2D eigenvalue weighted by atomic mass is 9.50. The quantitative estimate of drug-likeness (QED) is 0.680. The summed E-state index contributed by atoms with van der Waals surface area (Å²) in [7, 11) is 0. The minimum atomic E-state index is -0.435. The first-order chi connectivity index (χ1) is 14.1. The number of hydrogen-bond donors (Lipinski definition) is 1. The number of nitrogens with zero attached hydrogens (tertiary/aromatic N) is 2. The molecule has 3 aliphatic rings. The highest BCUT2D eigenvalue weighted by atomic mass is 35.5. The summed E-state index contributed by atoms with van der Waals surface area (Å²) >= 11 is 12.6. The molecule has 0 aromatic heterocycles. The molecule has 0 atom stereocenters. The third kappa shape index (κ3) is 5.00. The van der Waals surface area contributed by atoms with Gasteiger partial charge >= 0.3 is 6.09 Å². The van der Waals surface area contributed by atoms with E-state index < -0.39 is 5.60 Å². The summed E-state index contributed by atoms with van der Waals surface area (Å²) in [6.45, 7) is 11.0. The number of nitrogens with one attached hydrogen (secondary N) is 1. The fraction of sp³-hybridized carbons (Fsp3) is 0.696. The predicted octanol–water partition coefficient (Wildman–Crippen LogP) is 5.20. The molecule has 1 heterocycles. The number of anilines is 1. The van der Waals surface area contributed by atoms with Crippen LogP contribution in [0.4, 0.5) is 10.5 Å². The van der Waals surface area contributed by atoms with E-state index in [9.17, 15) is 4.79 Å². The van der Waals surface area contributed by atoms with Crippen molar-refractivity contribution >= 4 is 35.0 Å². The topological polar surface area (TPSA) is 44.8 Å². The Bertz CT molecular complexity index is 773. The van der Waals surface area contributed by atoms with Crippen molar-refractivity contribution in [1.29, 1.82) is 0 Å². The van der Waals surface area contributed by atoms with Crippen LogP contribution in [-0.2, 0) is 4.74 Å². The van der Waals surface area contributed by atoms with E-state index in [-0.39, 0.29) is 12.1 Å². The van der Waals surface area contributed by atoms with Gasteiger partial charge in [-0.1, -0.05) is 29.3 Å². The lowest BCUT2D eigenvalue weighted by Gasteiger charge is -2.58. The first-order valence-electron chi connectivity index (χ1n) is 11.0. The fourth-order valence-electron chi connectivity index (χ4n) is 5.46. The second kappa shape index (κ2) is 8.40. The van der Waals surface area contributed by atoms with Gasteiger partial charge < -0.3 is 15.0 Å². The zero-order valence-electron chi connectivity index (χ0n) is 18.2. The third-order valence-electron chi connectivity index (χ3n) is 6.68. The predicted molar refractivity (Wildman–Crippen MR) is 123 cm³/mol. The Morgan fingerprint density at radius 3 is 2.43 bits per heavy atom. The number of benzene rings is 1. The molecule has 1 aliphatic heterocycles. The van der Waals surface area contributed by atoms with Gasteiger partial charge in [0.2, 0.25) is 0 Å². The maximum atomic E-state index is 11.9. The summed E-state index contributed by atoms with van der Waals surface area (Å²) in [5, 5.41) is 4.31. The highest BCUT2D eigenvalue weighted by Gasteiger charge is 2.53. The van der Waals surface area contributed by atoms with E-state index in [0.29, 0.717) is 15.5 Å². The summed E-state index contributed by atoms with van der Waals surface area (Å²) in [6.07, 6.45) is 4.50. The van der Waals surface area contributed by atoms with Crippen LogP contribution in [0.1, 0.15) is 46.5 Å². The molecule has 4 rings (SSSR count). The Hall–Kier alpha value is -1.17. The largest absolute Gasteiger partial charge is 0.444 e. The van der Waals surface area contributed by atoms with Crippen molar-refractivity contribution in [3.8, 4) is 0 Å². The Labute approximate surface area is 190 Å². The lowest BCUT2D eigenvalue weighted by Crippen LogP contribution is -2.58. The van der Waals surface area contributed by atoms with Crippen molar-refractivity contribution in [2.45, 2.75) is 58.1 Å². The van der Waals surface area contributed by atoms with Crippen molar-refractivity contribution in [3.63, 3.8) is 0 Å². The van der Waals surface area contributed by atoms with Gasteiger partial charge in [0.1, 0.15) is 5.60 Å². The van der Waals surface area contributed by atoms with Gasteiger partial charge in [-0.05, 0) is 69.9 Å². The molecule has 30 heavy (non-hydrogen) atoms. The van der Waals surface area contributed by atoms with Gasteiger partial charge in [0.15, 0.2) is 0 Å². The van der Waals surface area contributed by atoms with Crippen molar-refractivity contribution in [3.05, 3.63) is 28.2 Å². The lowest BCUT2D eigenvalue weighted by molar-refractivity contribution is -0.0608. The van der Waals surface area contributed by atoms with Gasteiger partial charge in [0, 0.05) is 38.8 Å². The molecule has 7 heteroatoms. The summed E-state index contributed by atoms with van der Waals surface area (Å²) in [5.74, 6) is 0.786. The molecule has 0 unspecified atom stereocenters. The molecule has 1 aromatic rings. The zero-order valence-corrected chi connectivity index (χ0v) is 19.7. The molecule has 1 saturated heterocycles.